The van der Waals surface area contributed by atoms with E-state index in [-0.39, 0.29) is 10.6 Å². The lowest BCUT2D eigenvalue weighted by atomic mass is 10.2. The number of hydrogen-bond acceptors (Lipinski definition) is 4. The second kappa shape index (κ2) is 6.41. The van der Waals surface area contributed by atoms with Gasteiger partial charge in [0.25, 0.3) is 5.69 Å². The lowest BCUT2D eigenvalue weighted by Crippen LogP contribution is -2.30. The van der Waals surface area contributed by atoms with Crippen LogP contribution in [0.25, 0.3) is 0 Å². The number of halogens is 1. The number of nitro benzene ring substituents is 1. The van der Waals surface area contributed by atoms with Crippen molar-refractivity contribution in [2.75, 3.05) is 12.3 Å². The molecule has 1 aromatic rings. The lowest BCUT2D eigenvalue weighted by molar-refractivity contribution is -0.384. The van der Waals surface area contributed by atoms with Crippen molar-refractivity contribution < 1.29 is 4.92 Å². The summed E-state index contributed by atoms with van der Waals surface area (Å²) in [6.07, 6.45) is 1.81. The number of hydrogen-bond donors (Lipinski definition) is 0. The number of alkyl halides is 1. The average molecular weight is 356 g/mol. The number of non-ortho nitro benzene ring substituents is 1. The molecule has 0 aromatic heterocycles. The molecule has 2 rings (SSSR count). The van der Waals surface area contributed by atoms with Crippen LogP contribution in [0.15, 0.2) is 35.8 Å². The Morgan fingerprint density at radius 1 is 1.65 bits per heavy atom. The smallest absolute Gasteiger partial charge is 0.269 e. The van der Waals surface area contributed by atoms with Crippen LogP contribution in [0.1, 0.15) is 5.56 Å². The highest BCUT2D eigenvalue weighted by atomic mass is 79.9. The van der Waals surface area contributed by atoms with Crippen LogP contribution in [0, 0.1) is 17.0 Å². The summed E-state index contributed by atoms with van der Waals surface area (Å²) in [5, 5.41) is 11.6. The van der Waals surface area contributed by atoms with Gasteiger partial charge in [0.15, 0.2) is 5.17 Å². The van der Waals surface area contributed by atoms with Gasteiger partial charge in [0, 0.05) is 24.4 Å². The molecule has 1 aliphatic heterocycles. The summed E-state index contributed by atoms with van der Waals surface area (Å²) < 4.78 is 0. The van der Waals surface area contributed by atoms with Gasteiger partial charge >= 0.3 is 0 Å². The third-order valence-corrected chi connectivity index (χ3v) is 4.75. The van der Waals surface area contributed by atoms with Crippen molar-refractivity contribution >= 4 is 44.2 Å². The third kappa shape index (κ3) is 3.21. The molecule has 1 atom stereocenters. The first-order valence-corrected chi connectivity index (χ1v) is 7.93. The van der Waals surface area contributed by atoms with Crippen LogP contribution in [0.5, 0.6) is 0 Å². The molecule has 5 nitrogen and oxygen atoms in total. The number of nitrogens with zero attached hydrogens (tertiary/aromatic N) is 3. The fraction of sp³-hybridized carbons (Fsp3) is 0.308. The normalized spacial score (nSPS) is 18.3. The number of thioether (sulfide) groups is 1. The fourth-order valence-corrected chi connectivity index (χ4v) is 3.39. The molecule has 1 aliphatic rings. The number of nitro groups is 1. The standard InChI is InChI=1S/C13H14BrN3O2S/c1-3-12(14)16-6-7-20-13(16)15-11-5-4-10(17(18)19)8-9(11)2/h3-5,8,12H,1,6-7H2,2H3/b15-13-. The summed E-state index contributed by atoms with van der Waals surface area (Å²) in [4.78, 5) is 17.1. The number of amidine groups is 1. The van der Waals surface area contributed by atoms with Gasteiger partial charge < -0.3 is 4.90 Å². The molecule has 1 unspecified atom stereocenters. The van der Waals surface area contributed by atoms with Gasteiger partial charge in [-0.05, 0) is 18.6 Å². The fourth-order valence-electron chi connectivity index (χ4n) is 1.85. The number of aliphatic imine (C=N–C) groups is 1. The molecule has 20 heavy (non-hydrogen) atoms. The topological polar surface area (TPSA) is 58.7 Å². The molecule has 1 fully saturated rings. The van der Waals surface area contributed by atoms with Crippen LogP contribution in [-0.2, 0) is 0 Å². The van der Waals surface area contributed by atoms with Crippen LogP contribution in [0.4, 0.5) is 11.4 Å². The van der Waals surface area contributed by atoms with Crippen molar-refractivity contribution in [1.82, 2.24) is 4.90 Å². The van der Waals surface area contributed by atoms with E-state index >= 15 is 0 Å². The summed E-state index contributed by atoms with van der Waals surface area (Å²) in [7, 11) is 0. The molecular weight excluding hydrogens is 342 g/mol. The molecule has 106 valence electrons. The summed E-state index contributed by atoms with van der Waals surface area (Å²) in [5.41, 5.74) is 1.64. The summed E-state index contributed by atoms with van der Waals surface area (Å²) in [5.74, 6) is 0.973. The number of rotatable bonds is 4. The van der Waals surface area contributed by atoms with E-state index < -0.39 is 4.92 Å². The highest BCUT2D eigenvalue weighted by molar-refractivity contribution is 9.09. The van der Waals surface area contributed by atoms with E-state index in [1.807, 2.05) is 13.0 Å². The van der Waals surface area contributed by atoms with E-state index in [4.69, 9.17) is 0 Å². The lowest BCUT2D eigenvalue weighted by Gasteiger charge is -2.21. The van der Waals surface area contributed by atoms with Crippen molar-refractivity contribution in [1.29, 1.82) is 0 Å². The monoisotopic (exact) mass is 355 g/mol. The molecule has 0 saturated carbocycles. The van der Waals surface area contributed by atoms with Crippen LogP contribution < -0.4 is 0 Å². The Labute approximate surface area is 130 Å². The van der Waals surface area contributed by atoms with Crippen LogP contribution in [0.2, 0.25) is 0 Å². The Hall–Kier alpha value is -1.34. The maximum Gasteiger partial charge on any atom is 0.269 e. The van der Waals surface area contributed by atoms with Crippen molar-refractivity contribution in [2.45, 2.75) is 11.9 Å². The van der Waals surface area contributed by atoms with E-state index in [0.717, 1.165) is 28.7 Å². The van der Waals surface area contributed by atoms with Crippen LogP contribution in [-0.4, -0.2) is 32.2 Å². The molecule has 0 radical (unpaired) electrons. The number of benzene rings is 1. The average Bonchev–Trinajstić information content (AvgIpc) is 2.88. The zero-order valence-corrected chi connectivity index (χ0v) is 13.4. The van der Waals surface area contributed by atoms with Gasteiger partial charge in [-0.2, -0.15) is 0 Å². The quantitative estimate of drug-likeness (QED) is 0.270. The minimum absolute atomic E-state index is 0.0506. The molecule has 0 N–H and O–H groups in total. The highest BCUT2D eigenvalue weighted by Gasteiger charge is 2.24. The highest BCUT2D eigenvalue weighted by Crippen LogP contribution is 2.29. The Balaban J connectivity index is 2.30. The van der Waals surface area contributed by atoms with E-state index in [9.17, 15) is 10.1 Å². The molecular formula is C13H14BrN3O2S. The minimum Gasteiger partial charge on any atom is -0.334 e. The molecule has 1 heterocycles. The van der Waals surface area contributed by atoms with Gasteiger partial charge in [-0.25, -0.2) is 4.99 Å². The zero-order valence-electron chi connectivity index (χ0n) is 11.0. The maximum atomic E-state index is 10.7. The summed E-state index contributed by atoms with van der Waals surface area (Å²) in [6, 6.07) is 4.71. The molecule has 1 saturated heterocycles. The molecule has 1 aromatic carbocycles. The Morgan fingerprint density at radius 3 is 3.00 bits per heavy atom. The van der Waals surface area contributed by atoms with Gasteiger partial charge in [-0.15, -0.1) is 6.58 Å². The summed E-state index contributed by atoms with van der Waals surface area (Å²) >= 11 is 5.20. The number of aryl methyl sites for hydroxylation is 1. The van der Waals surface area contributed by atoms with E-state index in [1.54, 1.807) is 23.9 Å². The first kappa shape index (κ1) is 15.1. The molecule has 7 heteroatoms. The first-order chi connectivity index (χ1) is 9.52. The third-order valence-electron chi connectivity index (χ3n) is 2.91. The molecule has 0 aliphatic carbocycles. The maximum absolute atomic E-state index is 10.7. The van der Waals surface area contributed by atoms with Crippen molar-refractivity contribution in [2.24, 2.45) is 4.99 Å². The van der Waals surface area contributed by atoms with E-state index in [0.29, 0.717) is 0 Å². The predicted octanol–water partition coefficient (Wildman–Crippen LogP) is 3.85. The molecule has 0 amide bonds. The van der Waals surface area contributed by atoms with Gasteiger partial charge in [0.2, 0.25) is 0 Å². The molecule has 0 spiro atoms. The van der Waals surface area contributed by atoms with Gasteiger partial charge in [-0.3, -0.25) is 10.1 Å². The Kier molecular flexibility index (Phi) is 4.82. The Bertz CT molecular complexity index is 577. The van der Waals surface area contributed by atoms with Crippen molar-refractivity contribution in [3.8, 4) is 0 Å². The van der Waals surface area contributed by atoms with Gasteiger partial charge in [-0.1, -0.05) is 33.8 Å². The van der Waals surface area contributed by atoms with Gasteiger partial charge in [0.05, 0.1) is 10.6 Å². The van der Waals surface area contributed by atoms with Crippen molar-refractivity contribution in [3.63, 3.8) is 0 Å². The van der Waals surface area contributed by atoms with Crippen LogP contribution >= 0.6 is 27.7 Å². The first-order valence-electron chi connectivity index (χ1n) is 6.02. The zero-order chi connectivity index (χ0) is 14.7. The second-order valence-corrected chi connectivity index (χ2v) is 6.27. The minimum atomic E-state index is -0.396. The second-order valence-electron chi connectivity index (χ2n) is 4.27. The molecule has 0 bridgehead atoms. The van der Waals surface area contributed by atoms with Crippen molar-refractivity contribution in [3.05, 3.63) is 46.5 Å². The van der Waals surface area contributed by atoms with E-state index in [1.165, 1.54) is 6.07 Å². The van der Waals surface area contributed by atoms with E-state index in [2.05, 4.69) is 32.4 Å². The van der Waals surface area contributed by atoms with Crippen LogP contribution in [0.3, 0.4) is 0 Å². The largest absolute Gasteiger partial charge is 0.334 e. The summed E-state index contributed by atoms with van der Waals surface area (Å²) in [6.45, 7) is 6.50. The predicted molar refractivity (Wildman–Crippen MR) is 87.0 cm³/mol. The SMILES string of the molecule is C=CC(Br)N1CCS/C1=N\c1ccc([N+](=O)[O-])cc1C. The van der Waals surface area contributed by atoms with Gasteiger partial charge in [0.1, 0.15) is 4.95 Å². The Morgan fingerprint density at radius 2 is 2.40 bits per heavy atom.